The summed E-state index contributed by atoms with van der Waals surface area (Å²) in [5.74, 6) is 0.336. The van der Waals surface area contributed by atoms with Crippen LogP contribution in [-0.2, 0) is 26.0 Å². The summed E-state index contributed by atoms with van der Waals surface area (Å²) in [6, 6.07) is 5.17. The highest BCUT2D eigenvalue weighted by Crippen LogP contribution is 2.39. The molecule has 1 saturated heterocycles. The lowest BCUT2D eigenvalue weighted by atomic mass is 10.1. The quantitative estimate of drug-likeness (QED) is 0.865. The maximum atomic E-state index is 12.6. The van der Waals surface area contributed by atoms with E-state index in [9.17, 15) is 13.2 Å². The van der Waals surface area contributed by atoms with Crippen molar-refractivity contribution in [3.63, 3.8) is 0 Å². The third-order valence-electron chi connectivity index (χ3n) is 5.27. The molecule has 136 valence electrons. The molecule has 4 rings (SSSR count). The molecule has 2 aliphatic heterocycles. The third-order valence-corrected chi connectivity index (χ3v) is 6.69. The molecular weight excluding hydrogens is 340 g/mol. The Kier molecular flexibility index (Phi) is 4.33. The van der Waals surface area contributed by atoms with Crippen molar-refractivity contribution in [3.8, 4) is 0 Å². The van der Waals surface area contributed by atoms with Crippen LogP contribution in [0.15, 0.2) is 23.1 Å². The number of nitrogens with zero attached hydrogens (tertiary/aromatic N) is 1. The summed E-state index contributed by atoms with van der Waals surface area (Å²) in [5.41, 5.74) is 1.80. The van der Waals surface area contributed by atoms with E-state index in [4.69, 9.17) is 4.74 Å². The van der Waals surface area contributed by atoms with Crippen molar-refractivity contribution in [2.45, 2.75) is 56.1 Å². The highest BCUT2D eigenvalue weighted by molar-refractivity contribution is 7.89. The predicted molar refractivity (Wildman–Crippen MR) is 94.0 cm³/mol. The number of nitrogens with one attached hydrogen (secondary N) is 1. The van der Waals surface area contributed by atoms with E-state index in [-0.39, 0.29) is 28.9 Å². The van der Waals surface area contributed by atoms with Gasteiger partial charge in [-0.25, -0.2) is 13.1 Å². The first-order valence-electron chi connectivity index (χ1n) is 9.03. The molecule has 0 aromatic heterocycles. The Morgan fingerprint density at radius 3 is 2.80 bits per heavy atom. The van der Waals surface area contributed by atoms with E-state index in [0.717, 1.165) is 36.9 Å². The maximum Gasteiger partial charge on any atom is 0.240 e. The van der Waals surface area contributed by atoms with Crippen LogP contribution in [0.4, 0.5) is 5.69 Å². The molecule has 25 heavy (non-hydrogen) atoms. The molecule has 1 amide bonds. The molecule has 6 nitrogen and oxygen atoms in total. The maximum absolute atomic E-state index is 12.6. The average molecular weight is 364 g/mol. The fourth-order valence-electron chi connectivity index (χ4n) is 3.73. The lowest BCUT2D eigenvalue weighted by Gasteiger charge is -2.22. The van der Waals surface area contributed by atoms with Crippen molar-refractivity contribution in [1.82, 2.24) is 4.72 Å². The van der Waals surface area contributed by atoms with Gasteiger partial charge in [0.05, 0.1) is 11.0 Å². The number of sulfonamides is 1. The topological polar surface area (TPSA) is 75.7 Å². The van der Waals surface area contributed by atoms with E-state index >= 15 is 0 Å². The van der Waals surface area contributed by atoms with Gasteiger partial charge in [-0.3, -0.25) is 4.79 Å². The number of fused-ring (bicyclic) bond motifs is 1. The monoisotopic (exact) mass is 364 g/mol. The molecule has 2 heterocycles. The summed E-state index contributed by atoms with van der Waals surface area (Å²) in [4.78, 5) is 14.6. The molecule has 1 aromatic carbocycles. The number of hydrogen-bond donors (Lipinski definition) is 1. The van der Waals surface area contributed by atoms with Crippen LogP contribution in [0.3, 0.4) is 0 Å². The van der Waals surface area contributed by atoms with Crippen molar-refractivity contribution in [2.75, 3.05) is 18.1 Å². The number of anilines is 1. The number of amides is 1. The third kappa shape index (κ3) is 3.32. The first-order chi connectivity index (χ1) is 12.0. The van der Waals surface area contributed by atoms with Crippen molar-refractivity contribution in [2.24, 2.45) is 5.92 Å². The van der Waals surface area contributed by atoms with Crippen molar-refractivity contribution in [1.29, 1.82) is 0 Å². The number of ether oxygens (including phenoxy) is 1. The normalized spacial score (nSPS) is 26.0. The van der Waals surface area contributed by atoms with Crippen LogP contribution in [-0.4, -0.2) is 39.6 Å². The molecule has 3 aliphatic rings. The van der Waals surface area contributed by atoms with Gasteiger partial charge in [-0.2, -0.15) is 0 Å². The van der Waals surface area contributed by atoms with E-state index in [1.807, 2.05) is 11.8 Å². The minimum absolute atomic E-state index is 0.0316. The van der Waals surface area contributed by atoms with Gasteiger partial charge in [0, 0.05) is 30.8 Å². The molecule has 1 N–H and O–H groups in total. The zero-order valence-corrected chi connectivity index (χ0v) is 15.2. The van der Waals surface area contributed by atoms with Gasteiger partial charge < -0.3 is 9.64 Å². The Bertz CT molecular complexity index is 782. The number of carbonyl (C=O) groups is 1. The first-order valence-corrected chi connectivity index (χ1v) is 10.5. The molecule has 0 unspecified atom stereocenters. The minimum Gasteiger partial charge on any atom is -0.377 e. The molecule has 0 bridgehead atoms. The van der Waals surface area contributed by atoms with Gasteiger partial charge in [0.25, 0.3) is 0 Å². The second-order valence-electron chi connectivity index (χ2n) is 7.31. The summed E-state index contributed by atoms with van der Waals surface area (Å²) in [6.45, 7) is 3.03. The van der Waals surface area contributed by atoms with Gasteiger partial charge in [0.1, 0.15) is 0 Å². The summed E-state index contributed by atoms with van der Waals surface area (Å²) in [7, 11) is -3.56. The standard InChI is InChI=1S/C18H24N2O4S/c1-12-9-14-10-16(25(22,23)19-11-15-3-2-8-24-15)6-7-17(14)20(12)18(21)13-4-5-13/h6-7,10,12-13,15,19H,2-5,8-9,11H2,1H3/t12-,15+/m0/s1. The second-order valence-corrected chi connectivity index (χ2v) is 9.08. The van der Waals surface area contributed by atoms with Crippen molar-refractivity contribution >= 4 is 21.6 Å². The van der Waals surface area contributed by atoms with Gasteiger partial charge in [0.15, 0.2) is 0 Å². The van der Waals surface area contributed by atoms with E-state index in [2.05, 4.69) is 4.72 Å². The Balaban J connectivity index is 1.52. The summed E-state index contributed by atoms with van der Waals surface area (Å²) in [5, 5.41) is 0. The molecule has 1 aliphatic carbocycles. The molecule has 2 atom stereocenters. The Labute approximate surface area is 148 Å². The van der Waals surface area contributed by atoms with Crippen LogP contribution in [0.5, 0.6) is 0 Å². The lowest BCUT2D eigenvalue weighted by molar-refractivity contribution is -0.120. The van der Waals surface area contributed by atoms with Crippen LogP contribution in [0.2, 0.25) is 0 Å². The highest BCUT2D eigenvalue weighted by atomic mass is 32.2. The minimum atomic E-state index is -3.56. The fourth-order valence-corrected chi connectivity index (χ4v) is 4.85. The first kappa shape index (κ1) is 17.0. The summed E-state index contributed by atoms with van der Waals surface area (Å²) in [6.07, 6.45) is 4.48. The van der Waals surface area contributed by atoms with E-state index in [1.165, 1.54) is 0 Å². The molecule has 2 fully saturated rings. The number of carbonyl (C=O) groups excluding carboxylic acids is 1. The molecular formula is C18H24N2O4S. The Hall–Kier alpha value is -1.44. The van der Waals surface area contributed by atoms with Gasteiger partial charge in [-0.15, -0.1) is 0 Å². The van der Waals surface area contributed by atoms with Crippen LogP contribution >= 0.6 is 0 Å². The Morgan fingerprint density at radius 2 is 2.12 bits per heavy atom. The van der Waals surface area contributed by atoms with Gasteiger partial charge in [-0.1, -0.05) is 0 Å². The molecule has 7 heteroatoms. The van der Waals surface area contributed by atoms with E-state index in [0.29, 0.717) is 19.6 Å². The number of benzene rings is 1. The van der Waals surface area contributed by atoms with Crippen LogP contribution in [0.25, 0.3) is 0 Å². The molecule has 0 radical (unpaired) electrons. The van der Waals surface area contributed by atoms with E-state index in [1.54, 1.807) is 18.2 Å². The van der Waals surface area contributed by atoms with Crippen LogP contribution < -0.4 is 9.62 Å². The zero-order chi connectivity index (χ0) is 17.6. The number of hydrogen-bond acceptors (Lipinski definition) is 4. The molecule has 1 saturated carbocycles. The zero-order valence-electron chi connectivity index (χ0n) is 14.4. The summed E-state index contributed by atoms with van der Waals surface area (Å²) < 4.78 is 33.2. The Morgan fingerprint density at radius 1 is 1.32 bits per heavy atom. The smallest absolute Gasteiger partial charge is 0.240 e. The van der Waals surface area contributed by atoms with E-state index < -0.39 is 10.0 Å². The largest absolute Gasteiger partial charge is 0.377 e. The van der Waals surface area contributed by atoms with Crippen LogP contribution in [0.1, 0.15) is 38.2 Å². The molecule has 0 spiro atoms. The fraction of sp³-hybridized carbons (Fsp3) is 0.611. The van der Waals surface area contributed by atoms with Crippen molar-refractivity contribution in [3.05, 3.63) is 23.8 Å². The van der Waals surface area contributed by atoms with Gasteiger partial charge in [-0.05, 0) is 62.8 Å². The summed E-state index contributed by atoms with van der Waals surface area (Å²) >= 11 is 0. The highest BCUT2D eigenvalue weighted by Gasteiger charge is 2.39. The second kappa shape index (κ2) is 6.37. The average Bonchev–Trinajstić information content (AvgIpc) is 3.19. The van der Waals surface area contributed by atoms with Crippen LogP contribution in [0, 0.1) is 5.92 Å². The number of rotatable bonds is 5. The van der Waals surface area contributed by atoms with Gasteiger partial charge >= 0.3 is 0 Å². The van der Waals surface area contributed by atoms with Crippen molar-refractivity contribution < 1.29 is 17.9 Å². The SMILES string of the molecule is C[C@H]1Cc2cc(S(=O)(=O)NC[C@H]3CCCO3)ccc2N1C(=O)C1CC1. The lowest BCUT2D eigenvalue weighted by Crippen LogP contribution is -2.36. The predicted octanol–water partition coefficient (Wildman–Crippen LogP) is 1.83. The molecule has 1 aromatic rings. The van der Waals surface area contributed by atoms with Gasteiger partial charge in [0.2, 0.25) is 15.9 Å².